The summed E-state index contributed by atoms with van der Waals surface area (Å²) in [4.78, 5) is 4.16. The fraction of sp³-hybridized carbons (Fsp3) is 0. The van der Waals surface area contributed by atoms with Crippen molar-refractivity contribution >= 4 is 33.3 Å². The fourth-order valence-electron chi connectivity index (χ4n) is 1.07. The molecule has 72 valence electrons. The Hall–Kier alpha value is -1.07. The van der Waals surface area contributed by atoms with Crippen LogP contribution in [0.15, 0.2) is 22.8 Å². The first-order valence-corrected chi connectivity index (χ1v) is 4.96. The number of aromatic nitrogens is 3. The third-order valence-electron chi connectivity index (χ3n) is 1.66. The van der Waals surface area contributed by atoms with Crippen molar-refractivity contribution in [3.63, 3.8) is 0 Å². The molecule has 2 aromatic heterocycles. The Morgan fingerprint density at radius 1 is 1.43 bits per heavy atom. The molecular weight excluding hydrogens is 267 g/mol. The van der Waals surface area contributed by atoms with Gasteiger partial charge in [0.2, 0.25) is 0 Å². The Labute approximate surface area is 93.6 Å². The predicted molar refractivity (Wildman–Crippen MR) is 58.9 cm³/mol. The van der Waals surface area contributed by atoms with Crippen molar-refractivity contribution < 1.29 is 0 Å². The molecule has 0 fully saturated rings. The van der Waals surface area contributed by atoms with Crippen molar-refractivity contribution in [3.05, 3.63) is 27.8 Å². The molecule has 2 aromatic rings. The molecule has 0 bridgehead atoms. The topological polar surface area (TPSA) is 67.6 Å². The molecule has 2 rings (SSSR count). The first kappa shape index (κ1) is 9.48. The molecule has 0 aromatic carbocycles. The van der Waals surface area contributed by atoms with Gasteiger partial charge in [0.05, 0.1) is 10.7 Å². The molecule has 3 N–H and O–H groups in total. The highest BCUT2D eigenvalue weighted by Gasteiger charge is 2.07. The van der Waals surface area contributed by atoms with E-state index in [0.29, 0.717) is 22.2 Å². The number of aromatic amines is 1. The molecule has 0 saturated heterocycles. The lowest BCUT2D eigenvalue weighted by molar-refractivity contribution is 1.09. The van der Waals surface area contributed by atoms with Crippen LogP contribution in [0.2, 0.25) is 5.02 Å². The van der Waals surface area contributed by atoms with Crippen LogP contribution in [0.4, 0.5) is 5.82 Å². The van der Waals surface area contributed by atoms with Crippen molar-refractivity contribution in [1.82, 2.24) is 15.2 Å². The number of nitrogen functional groups attached to an aromatic ring is 1. The van der Waals surface area contributed by atoms with Gasteiger partial charge in [0.25, 0.3) is 0 Å². The molecule has 0 amide bonds. The van der Waals surface area contributed by atoms with E-state index in [9.17, 15) is 0 Å². The minimum absolute atomic E-state index is 0.417. The van der Waals surface area contributed by atoms with E-state index in [1.165, 1.54) is 0 Å². The molecule has 4 nitrogen and oxygen atoms in total. The van der Waals surface area contributed by atoms with Gasteiger partial charge in [-0.05, 0) is 22.0 Å². The average molecular weight is 274 g/mol. The van der Waals surface area contributed by atoms with Crippen molar-refractivity contribution in [3.8, 4) is 11.4 Å². The number of rotatable bonds is 1. The SMILES string of the molecule is Nc1cc(-c2ncc(Br)cc2Cl)[nH]n1. The molecular formula is C8H6BrClN4. The maximum atomic E-state index is 5.99. The Morgan fingerprint density at radius 3 is 2.79 bits per heavy atom. The summed E-state index contributed by atoms with van der Waals surface area (Å²) < 4.78 is 0.832. The van der Waals surface area contributed by atoms with Gasteiger partial charge in [0, 0.05) is 16.7 Å². The number of pyridine rings is 1. The van der Waals surface area contributed by atoms with Crippen molar-refractivity contribution in [2.45, 2.75) is 0 Å². The highest BCUT2D eigenvalue weighted by molar-refractivity contribution is 9.10. The van der Waals surface area contributed by atoms with Crippen molar-refractivity contribution in [1.29, 1.82) is 0 Å². The Morgan fingerprint density at radius 2 is 2.21 bits per heavy atom. The van der Waals surface area contributed by atoms with Crippen LogP contribution in [0.1, 0.15) is 0 Å². The number of nitrogens with two attached hydrogens (primary N) is 1. The standard InChI is InChI=1S/C8H6BrClN4/c9-4-1-5(10)8(12-3-4)6-2-7(11)14-13-6/h1-3H,(H3,11,13,14). The van der Waals surface area contributed by atoms with E-state index >= 15 is 0 Å². The number of nitrogens with zero attached hydrogens (tertiary/aromatic N) is 2. The Kier molecular flexibility index (Phi) is 2.43. The lowest BCUT2D eigenvalue weighted by atomic mass is 10.3. The summed E-state index contributed by atoms with van der Waals surface area (Å²) in [6, 6.07) is 3.45. The van der Waals surface area contributed by atoms with E-state index in [4.69, 9.17) is 17.3 Å². The molecule has 0 aliphatic rings. The minimum Gasteiger partial charge on any atom is -0.382 e. The summed E-state index contributed by atoms with van der Waals surface area (Å²) in [5.74, 6) is 0.417. The third kappa shape index (κ3) is 1.73. The predicted octanol–water partition coefficient (Wildman–Crippen LogP) is 2.47. The maximum absolute atomic E-state index is 5.99. The minimum atomic E-state index is 0.417. The van der Waals surface area contributed by atoms with Gasteiger partial charge in [-0.25, -0.2) is 0 Å². The zero-order chi connectivity index (χ0) is 10.1. The lowest BCUT2D eigenvalue weighted by Crippen LogP contribution is -1.85. The first-order chi connectivity index (χ1) is 6.66. The molecule has 0 spiro atoms. The van der Waals surface area contributed by atoms with Gasteiger partial charge < -0.3 is 5.73 Å². The first-order valence-electron chi connectivity index (χ1n) is 3.79. The van der Waals surface area contributed by atoms with E-state index in [-0.39, 0.29) is 0 Å². The van der Waals surface area contributed by atoms with E-state index < -0.39 is 0 Å². The van der Waals surface area contributed by atoms with E-state index in [0.717, 1.165) is 4.47 Å². The number of hydrogen-bond acceptors (Lipinski definition) is 3. The number of anilines is 1. The second kappa shape index (κ2) is 3.59. The molecule has 0 aliphatic carbocycles. The summed E-state index contributed by atoms with van der Waals surface area (Å²) >= 11 is 9.27. The van der Waals surface area contributed by atoms with Gasteiger partial charge in [0.15, 0.2) is 0 Å². The average Bonchev–Trinajstić information content (AvgIpc) is 2.51. The van der Waals surface area contributed by atoms with Crippen LogP contribution in [0.3, 0.4) is 0 Å². The summed E-state index contributed by atoms with van der Waals surface area (Å²) in [7, 11) is 0. The van der Waals surface area contributed by atoms with Crippen LogP contribution in [0, 0.1) is 0 Å². The van der Waals surface area contributed by atoms with Gasteiger partial charge >= 0.3 is 0 Å². The van der Waals surface area contributed by atoms with E-state index in [1.807, 2.05) is 0 Å². The molecule has 0 saturated carbocycles. The van der Waals surface area contributed by atoms with Crippen molar-refractivity contribution in [2.24, 2.45) is 0 Å². The van der Waals surface area contributed by atoms with E-state index in [1.54, 1.807) is 18.3 Å². The molecule has 0 unspecified atom stereocenters. The van der Waals surface area contributed by atoms with Crippen LogP contribution < -0.4 is 5.73 Å². The fourth-order valence-corrected chi connectivity index (χ4v) is 1.80. The van der Waals surface area contributed by atoms with Gasteiger partial charge in [-0.2, -0.15) is 5.10 Å². The van der Waals surface area contributed by atoms with Gasteiger partial charge in [-0.3, -0.25) is 10.1 Å². The molecule has 2 heterocycles. The monoisotopic (exact) mass is 272 g/mol. The maximum Gasteiger partial charge on any atom is 0.145 e. The third-order valence-corrected chi connectivity index (χ3v) is 2.38. The quantitative estimate of drug-likeness (QED) is 0.839. The van der Waals surface area contributed by atoms with Crippen LogP contribution in [0.5, 0.6) is 0 Å². The summed E-state index contributed by atoms with van der Waals surface area (Å²) in [5.41, 5.74) is 6.82. The zero-order valence-corrected chi connectivity index (χ0v) is 9.30. The molecule has 0 atom stereocenters. The Bertz CT molecular complexity index is 468. The zero-order valence-electron chi connectivity index (χ0n) is 6.96. The molecule has 14 heavy (non-hydrogen) atoms. The van der Waals surface area contributed by atoms with Gasteiger partial charge in [0.1, 0.15) is 11.5 Å². The molecule has 0 radical (unpaired) electrons. The number of hydrogen-bond donors (Lipinski definition) is 2. The second-order valence-corrected chi connectivity index (χ2v) is 4.01. The highest BCUT2D eigenvalue weighted by Crippen LogP contribution is 2.27. The normalized spacial score (nSPS) is 10.4. The number of nitrogens with one attached hydrogen (secondary N) is 1. The number of H-pyrrole nitrogens is 1. The largest absolute Gasteiger partial charge is 0.382 e. The molecule has 0 aliphatic heterocycles. The van der Waals surface area contributed by atoms with Crippen LogP contribution in [-0.2, 0) is 0 Å². The Balaban J connectivity index is 2.52. The molecule has 6 heteroatoms. The van der Waals surface area contributed by atoms with Crippen LogP contribution in [-0.4, -0.2) is 15.2 Å². The lowest BCUT2D eigenvalue weighted by Gasteiger charge is -1.99. The van der Waals surface area contributed by atoms with Gasteiger partial charge in [-0.1, -0.05) is 11.6 Å². The van der Waals surface area contributed by atoms with Crippen LogP contribution in [0.25, 0.3) is 11.4 Å². The smallest absolute Gasteiger partial charge is 0.145 e. The summed E-state index contributed by atoms with van der Waals surface area (Å²) in [6.07, 6.45) is 1.66. The summed E-state index contributed by atoms with van der Waals surface area (Å²) in [5, 5.41) is 7.09. The number of halogens is 2. The second-order valence-electron chi connectivity index (χ2n) is 2.69. The van der Waals surface area contributed by atoms with Crippen molar-refractivity contribution in [2.75, 3.05) is 5.73 Å². The van der Waals surface area contributed by atoms with Crippen LogP contribution >= 0.6 is 27.5 Å². The highest BCUT2D eigenvalue weighted by atomic mass is 79.9. The van der Waals surface area contributed by atoms with E-state index in [2.05, 4.69) is 31.1 Å². The van der Waals surface area contributed by atoms with Gasteiger partial charge in [-0.15, -0.1) is 0 Å². The summed E-state index contributed by atoms with van der Waals surface area (Å²) in [6.45, 7) is 0.